The third-order valence-electron chi connectivity index (χ3n) is 5.93. The van der Waals surface area contributed by atoms with E-state index in [2.05, 4.69) is 6.92 Å². The maximum Gasteiger partial charge on any atom is 0.410 e. The highest BCUT2D eigenvalue weighted by molar-refractivity contribution is 5.72. The second kappa shape index (κ2) is 17.3. The summed E-state index contributed by atoms with van der Waals surface area (Å²) in [7, 11) is 0. The molecular weight excluding hydrogens is 477 g/mol. The Morgan fingerprint density at radius 3 is 2.19 bits per heavy atom. The fourth-order valence-corrected chi connectivity index (χ4v) is 3.82. The molecule has 0 aliphatic carbocycles. The first-order chi connectivity index (χ1) is 17.9. The zero-order chi connectivity index (χ0) is 26.9. The number of benzene rings is 2. The van der Waals surface area contributed by atoms with Gasteiger partial charge in [-0.05, 0) is 48.7 Å². The molecule has 1 unspecified atom stereocenters. The molecule has 2 rings (SSSR count). The highest BCUT2D eigenvalue weighted by Gasteiger charge is 2.18. The molecule has 0 aliphatic heterocycles. The van der Waals surface area contributed by atoms with Crippen LogP contribution in [0.2, 0.25) is 0 Å². The smallest absolute Gasteiger partial charge is 0.410 e. The normalized spacial score (nSPS) is 11.6. The van der Waals surface area contributed by atoms with E-state index in [-0.39, 0.29) is 25.5 Å². The van der Waals surface area contributed by atoms with Crippen molar-refractivity contribution in [1.82, 2.24) is 4.90 Å². The first-order valence-corrected chi connectivity index (χ1v) is 13.1. The number of nitrogens with zero attached hydrogens (tertiary/aromatic N) is 1. The van der Waals surface area contributed by atoms with Gasteiger partial charge in [-0.3, -0.25) is 0 Å². The lowest BCUT2D eigenvalue weighted by Crippen LogP contribution is -2.36. The summed E-state index contributed by atoms with van der Waals surface area (Å²) >= 11 is 0. The fourth-order valence-electron chi connectivity index (χ4n) is 3.82. The largest absolute Gasteiger partial charge is 0.492 e. The molecule has 2 aromatic carbocycles. The summed E-state index contributed by atoms with van der Waals surface area (Å²) < 4.78 is 29.7. The summed E-state index contributed by atoms with van der Waals surface area (Å²) in [6, 6.07) is 13.1. The second-order valence-electron chi connectivity index (χ2n) is 8.91. The van der Waals surface area contributed by atoms with Gasteiger partial charge in [0, 0.05) is 19.6 Å². The van der Waals surface area contributed by atoms with Gasteiger partial charge in [-0.25, -0.2) is 14.0 Å². The summed E-state index contributed by atoms with van der Waals surface area (Å²) in [5.74, 6) is -0.689. The maximum atomic E-state index is 13.1. The minimum absolute atomic E-state index is 0.0769. The Hall–Kier alpha value is -3.13. The summed E-state index contributed by atoms with van der Waals surface area (Å²) in [5.41, 5.74) is 1.56. The molecule has 0 aliphatic rings. The van der Waals surface area contributed by atoms with Crippen LogP contribution >= 0.6 is 0 Å². The lowest BCUT2D eigenvalue weighted by molar-refractivity contribution is -0.149. The first-order valence-electron chi connectivity index (χ1n) is 13.1. The molecule has 0 saturated heterocycles. The molecule has 0 fully saturated rings. The topological polar surface area (TPSA) is 85.3 Å². The number of rotatable bonds is 18. The number of unbranched alkanes of at least 4 members (excludes halogenated alkanes) is 5. The van der Waals surface area contributed by atoms with Crippen molar-refractivity contribution in [3.63, 3.8) is 0 Å². The van der Waals surface area contributed by atoms with Gasteiger partial charge in [-0.1, -0.05) is 63.3 Å². The van der Waals surface area contributed by atoms with Crippen LogP contribution in [0, 0.1) is 5.82 Å². The predicted molar refractivity (Wildman–Crippen MR) is 140 cm³/mol. The van der Waals surface area contributed by atoms with Crippen molar-refractivity contribution in [3.05, 3.63) is 65.5 Å². The molecule has 204 valence electrons. The monoisotopic (exact) mass is 517 g/mol. The van der Waals surface area contributed by atoms with E-state index in [0.29, 0.717) is 25.4 Å². The molecule has 7 nitrogen and oxygen atoms in total. The van der Waals surface area contributed by atoms with E-state index in [1.165, 1.54) is 31.4 Å². The van der Waals surface area contributed by atoms with Crippen molar-refractivity contribution in [3.8, 4) is 5.75 Å². The molecule has 0 saturated carbocycles. The summed E-state index contributed by atoms with van der Waals surface area (Å²) in [6.45, 7) is 5.58. The van der Waals surface area contributed by atoms with Crippen LogP contribution in [-0.4, -0.2) is 54.5 Å². The number of carbonyl (C=O) groups excluding carboxylic acids is 1. The van der Waals surface area contributed by atoms with Crippen LogP contribution in [0.15, 0.2) is 48.5 Å². The Morgan fingerprint density at radius 2 is 1.54 bits per heavy atom. The van der Waals surface area contributed by atoms with E-state index in [0.717, 1.165) is 30.4 Å². The van der Waals surface area contributed by atoms with Gasteiger partial charge in [0.05, 0.1) is 6.54 Å². The van der Waals surface area contributed by atoms with Gasteiger partial charge in [0.15, 0.2) is 6.10 Å². The molecule has 0 bridgehead atoms. The van der Waals surface area contributed by atoms with E-state index in [1.54, 1.807) is 36.1 Å². The number of amides is 1. The zero-order valence-corrected chi connectivity index (χ0v) is 22.0. The first kappa shape index (κ1) is 30.1. The lowest BCUT2D eigenvalue weighted by Gasteiger charge is -2.22. The third-order valence-corrected chi connectivity index (χ3v) is 5.93. The highest BCUT2D eigenvalue weighted by atomic mass is 19.1. The molecule has 0 heterocycles. The molecule has 2 aromatic rings. The SMILES string of the molecule is CCCCCCCCN(CCOc1ccc(CC(OCC)C(=O)O)cc1)C(=O)OCc1ccc(F)cc1. The number of ether oxygens (including phenoxy) is 3. The van der Waals surface area contributed by atoms with Crippen LogP contribution in [0.5, 0.6) is 5.75 Å². The average Bonchev–Trinajstić information content (AvgIpc) is 2.89. The van der Waals surface area contributed by atoms with Crippen LogP contribution < -0.4 is 4.74 Å². The minimum Gasteiger partial charge on any atom is -0.492 e. The predicted octanol–water partition coefficient (Wildman–Crippen LogP) is 6.24. The van der Waals surface area contributed by atoms with E-state index in [9.17, 15) is 19.1 Å². The van der Waals surface area contributed by atoms with Crippen LogP contribution in [0.3, 0.4) is 0 Å². The van der Waals surface area contributed by atoms with Crippen LogP contribution in [0.1, 0.15) is 63.5 Å². The Morgan fingerprint density at radius 1 is 0.892 bits per heavy atom. The lowest BCUT2D eigenvalue weighted by atomic mass is 10.1. The van der Waals surface area contributed by atoms with Gasteiger partial charge in [-0.15, -0.1) is 0 Å². The number of aliphatic carboxylic acids is 1. The molecule has 1 amide bonds. The average molecular weight is 518 g/mol. The summed E-state index contributed by atoms with van der Waals surface area (Å²) in [6.07, 6.45) is 5.64. The standard InChI is InChI=1S/C29H40FNO6/c1-3-5-6-7-8-9-18-31(29(34)37-22-24-10-14-25(30)15-11-24)19-20-36-26-16-12-23(13-17-26)21-27(28(32)33)35-4-2/h10-17,27H,3-9,18-22H2,1-2H3,(H,32,33). The van der Waals surface area contributed by atoms with Crippen molar-refractivity contribution in [2.45, 2.75) is 71.5 Å². The number of halogens is 1. The Bertz CT molecular complexity index is 919. The molecule has 1 atom stereocenters. The second-order valence-corrected chi connectivity index (χ2v) is 8.91. The van der Waals surface area contributed by atoms with Gasteiger partial charge < -0.3 is 24.2 Å². The van der Waals surface area contributed by atoms with Crippen molar-refractivity contribution < 1.29 is 33.3 Å². The van der Waals surface area contributed by atoms with Gasteiger partial charge in [0.25, 0.3) is 0 Å². The number of carboxylic acids is 1. The van der Waals surface area contributed by atoms with Crippen LogP contribution in [0.25, 0.3) is 0 Å². The quantitative estimate of drug-likeness (QED) is 0.236. The van der Waals surface area contributed by atoms with Crippen molar-refractivity contribution in [1.29, 1.82) is 0 Å². The summed E-state index contributed by atoms with van der Waals surface area (Å²) in [5, 5.41) is 9.26. The minimum atomic E-state index is -0.987. The fraction of sp³-hybridized carbons (Fsp3) is 0.517. The number of hydrogen-bond donors (Lipinski definition) is 1. The molecule has 0 aromatic heterocycles. The van der Waals surface area contributed by atoms with E-state index >= 15 is 0 Å². The van der Waals surface area contributed by atoms with Crippen molar-refractivity contribution >= 4 is 12.1 Å². The van der Waals surface area contributed by atoms with Gasteiger partial charge in [0.2, 0.25) is 0 Å². The number of hydrogen-bond acceptors (Lipinski definition) is 5. The van der Waals surface area contributed by atoms with Crippen LogP contribution in [0.4, 0.5) is 9.18 Å². The molecule has 0 radical (unpaired) electrons. The zero-order valence-electron chi connectivity index (χ0n) is 22.0. The van der Waals surface area contributed by atoms with Crippen LogP contribution in [-0.2, 0) is 27.3 Å². The van der Waals surface area contributed by atoms with Gasteiger partial charge in [0.1, 0.15) is 24.8 Å². The van der Waals surface area contributed by atoms with E-state index in [4.69, 9.17) is 14.2 Å². The maximum absolute atomic E-state index is 13.1. The molecular formula is C29H40FNO6. The summed E-state index contributed by atoms with van der Waals surface area (Å²) in [4.78, 5) is 25.7. The van der Waals surface area contributed by atoms with E-state index < -0.39 is 18.2 Å². The Labute approximate surface area is 219 Å². The van der Waals surface area contributed by atoms with E-state index in [1.807, 2.05) is 12.1 Å². The molecule has 0 spiro atoms. The Balaban J connectivity index is 1.86. The molecule has 37 heavy (non-hydrogen) atoms. The third kappa shape index (κ3) is 12.1. The number of carbonyl (C=O) groups is 2. The Kier molecular flexibility index (Phi) is 14.1. The van der Waals surface area contributed by atoms with Gasteiger partial charge >= 0.3 is 12.1 Å². The molecule has 8 heteroatoms. The molecule has 1 N–H and O–H groups in total. The number of carboxylic acid groups (broad SMARTS) is 1. The van der Waals surface area contributed by atoms with Crippen molar-refractivity contribution in [2.75, 3.05) is 26.3 Å². The van der Waals surface area contributed by atoms with Gasteiger partial charge in [-0.2, -0.15) is 0 Å². The highest BCUT2D eigenvalue weighted by Crippen LogP contribution is 2.15. The van der Waals surface area contributed by atoms with Crippen molar-refractivity contribution in [2.24, 2.45) is 0 Å².